The Balaban J connectivity index is 1.84. The number of unbranched alkanes of at least 4 members (excludes halogenated alkanes) is 2. The standard InChI is InChI=1S/C33H43N3O4/c1-7-8-9-12-24(31-28(39-5)14-10-15-29(31)40-6)20-30(37)36-27-19-23(16-17-26(27)33(2,3)4)21-35-32(38)25-13-11-18-34-22-25/h10-11,13-19,22,24H,7-9,12,20-21H2,1-6H3,(H,35,38)(H,36,37). The average molecular weight is 546 g/mol. The summed E-state index contributed by atoms with van der Waals surface area (Å²) >= 11 is 0. The Hall–Kier alpha value is -3.87. The number of rotatable bonds is 13. The van der Waals surface area contributed by atoms with Gasteiger partial charge in [-0.1, -0.05) is 65.2 Å². The van der Waals surface area contributed by atoms with Crippen molar-refractivity contribution in [1.29, 1.82) is 0 Å². The molecule has 0 fully saturated rings. The van der Waals surface area contributed by atoms with Gasteiger partial charge in [-0.05, 0) is 59.2 Å². The minimum absolute atomic E-state index is 0.0577. The molecule has 2 aromatic carbocycles. The van der Waals surface area contributed by atoms with Crippen LogP contribution in [0.1, 0.15) is 92.8 Å². The maximum Gasteiger partial charge on any atom is 0.253 e. The summed E-state index contributed by atoms with van der Waals surface area (Å²) in [4.78, 5) is 30.1. The Kier molecular flexibility index (Phi) is 11.1. The first-order valence-corrected chi connectivity index (χ1v) is 14.0. The molecule has 3 aromatic rings. The number of carbonyl (C=O) groups excluding carboxylic acids is 2. The third-order valence-corrected chi connectivity index (χ3v) is 7.01. The van der Waals surface area contributed by atoms with Crippen molar-refractivity contribution in [3.05, 3.63) is 83.2 Å². The van der Waals surface area contributed by atoms with E-state index < -0.39 is 0 Å². The first-order chi connectivity index (χ1) is 19.2. The number of methoxy groups -OCH3 is 2. The molecule has 0 aliphatic carbocycles. The quantitative estimate of drug-likeness (QED) is 0.225. The monoisotopic (exact) mass is 545 g/mol. The number of anilines is 1. The minimum Gasteiger partial charge on any atom is -0.496 e. The van der Waals surface area contributed by atoms with Gasteiger partial charge in [-0.25, -0.2) is 0 Å². The highest BCUT2D eigenvalue weighted by Crippen LogP contribution is 2.40. The fourth-order valence-corrected chi connectivity index (χ4v) is 4.94. The summed E-state index contributed by atoms with van der Waals surface area (Å²) in [5.74, 6) is 1.14. The Bertz CT molecular complexity index is 1250. The van der Waals surface area contributed by atoms with Gasteiger partial charge in [0.25, 0.3) is 5.91 Å². The summed E-state index contributed by atoms with van der Waals surface area (Å²) in [7, 11) is 3.30. The van der Waals surface area contributed by atoms with Crippen LogP contribution in [-0.4, -0.2) is 31.0 Å². The van der Waals surface area contributed by atoms with Gasteiger partial charge in [-0.3, -0.25) is 14.6 Å². The van der Waals surface area contributed by atoms with E-state index in [2.05, 4.69) is 43.3 Å². The van der Waals surface area contributed by atoms with Gasteiger partial charge in [0.15, 0.2) is 0 Å². The summed E-state index contributed by atoms with van der Waals surface area (Å²) in [5, 5.41) is 6.14. The molecule has 214 valence electrons. The van der Waals surface area contributed by atoms with Crippen LogP contribution in [0.3, 0.4) is 0 Å². The molecule has 0 radical (unpaired) electrons. The molecule has 7 nitrogen and oxygen atoms in total. The number of benzene rings is 2. The van der Waals surface area contributed by atoms with E-state index in [1.54, 1.807) is 32.5 Å². The largest absolute Gasteiger partial charge is 0.496 e. The summed E-state index contributed by atoms with van der Waals surface area (Å²) in [6.07, 6.45) is 7.52. The maximum absolute atomic E-state index is 13.6. The van der Waals surface area contributed by atoms with Gasteiger partial charge in [-0.15, -0.1) is 0 Å². The van der Waals surface area contributed by atoms with Gasteiger partial charge in [0.05, 0.1) is 19.8 Å². The topological polar surface area (TPSA) is 89.6 Å². The van der Waals surface area contributed by atoms with Crippen LogP contribution in [0, 0.1) is 0 Å². The van der Waals surface area contributed by atoms with Gasteiger partial charge in [0, 0.05) is 36.6 Å². The lowest BCUT2D eigenvalue weighted by molar-refractivity contribution is -0.116. The van der Waals surface area contributed by atoms with Crippen molar-refractivity contribution in [2.75, 3.05) is 19.5 Å². The van der Waals surface area contributed by atoms with E-state index in [1.165, 1.54) is 6.20 Å². The molecule has 1 heterocycles. The maximum atomic E-state index is 13.6. The number of ether oxygens (including phenoxy) is 2. The van der Waals surface area contributed by atoms with E-state index in [9.17, 15) is 9.59 Å². The molecule has 0 saturated heterocycles. The fraction of sp³-hybridized carbons (Fsp3) is 0.424. The highest BCUT2D eigenvalue weighted by Gasteiger charge is 2.25. The molecule has 7 heteroatoms. The van der Waals surface area contributed by atoms with E-state index in [0.29, 0.717) is 18.5 Å². The minimum atomic E-state index is -0.195. The summed E-state index contributed by atoms with van der Waals surface area (Å²) in [6, 6.07) is 15.2. The first-order valence-electron chi connectivity index (χ1n) is 14.0. The Morgan fingerprint density at radius 2 is 1.70 bits per heavy atom. The molecule has 3 rings (SSSR count). The first kappa shape index (κ1) is 30.7. The van der Waals surface area contributed by atoms with Crippen LogP contribution in [0.4, 0.5) is 5.69 Å². The highest BCUT2D eigenvalue weighted by molar-refractivity contribution is 5.94. The van der Waals surface area contributed by atoms with Crippen LogP contribution in [0.2, 0.25) is 0 Å². The lowest BCUT2D eigenvalue weighted by Crippen LogP contribution is -2.24. The van der Waals surface area contributed by atoms with Crippen LogP contribution in [-0.2, 0) is 16.8 Å². The molecule has 40 heavy (non-hydrogen) atoms. The lowest BCUT2D eigenvalue weighted by Gasteiger charge is -2.25. The van der Waals surface area contributed by atoms with Crippen LogP contribution < -0.4 is 20.1 Å². The Morgan fingerprint density at radius 3 is 2.30 bits per heavy atom. The zero-order valence-corrected chi connectivity index (χ0v) is 24.7. The third-order valence-electron chi connectivity index (χ3n) is 7.01. The van der Waals surface area contributed by atoms with Gasteiger partial charge in [0.1, 0.15) is 11.5 Å². The van der Waals surface area contributed by atoms with Crippen molar-refractivity contribution < 1.29 is 19.1 Å². The van der Waals surface area contributed by atoms with E-state index in [-0.39, 0.29) is 23.1 Å². The molecule has 0 aliphatic heterocycles. The molecule has 0 bridgehead atoms. The summed E-state index contributed by atoms with van der Waals surface area (Å²) in [6.45, 7) is 8.87. The van der Waals surface area contributed by atoms with Crippen molar-refractivity contribution in [2.24, 2.45) is 0 Å². The molecule has 0 spiro atoms. The molecular weight excluding hydrogens is 502 g/mol. The van der Waals surface area contributed by atoms with Crippen LogP contribution in [0.5, 0.6) is 11.5 Å². The number of aromatic nitrogens is 1. The van der Waals surface area contributed by atoms with Crippen LogP contribution in [0.25, 0.3) is 0 Å². The Morgan fingerprint density at radius 1 is 0.975 bits per heavy atom. The van der Waals surface area contributed by atoms with E-state index >= 15 is 0 Å². The van der Waals surface area contributed by atoms with E-state index in [0.717, 1.165) is 59.6 Å². The molecule has 0 saturated carbocycles. The normalized spacial score (nSPS) is 11.9. The number of nitrogens with zero attached hydrogens (tertiary/aromatic N) is 1. The van der Waals surface area contributed by atoms with Gasteiger partial charge in [-0.2, -0.15) is 0 Å². The smallest absolute Gasteiger partial charge is 0.253 e. The summed E-state index contributed by atoms with van der Waals surface area (Å²) in [5.41, 5.74) is 3.92. The molecule has 0 aliphatic rings. The zero-order valence-electron chi connectivity index (χ0n) is 24.7. The van der Waals surface area contributed by atoms with Crippen molar-refractivity contribution in [1.82, 2.24) is 10.3 Å². The second-order valence-corrected chi connectivity index (χ2v) is 11.1. The molecular formula is C33H43N3O4. The number of amides is 2. The van der Waals surface area contributed by atoms with Gasteiger partial charge >= 0.3 is 0 Å². The predicted molar refractivity (Wildman–Crippen MR) is 160 cm³/mol. The SMILES string of the molecule is CCCCCC(CC(=O)Nc1cc(CNC(=O)c2cccnc2)ccc1C(C)(C)C)c1c(OC)cccc1OC. The average Bonchev–Trinajstić information content (AvgIpc) is 2.94. The second kappa shape index (κ2) is 14.5. The number of hydrogen-bond acceptors (Lipinski definition) is 5. The molecule has 1 aromatic heterocycles. The van der Waals surface area contributed by atoms with Gasteiger partial charge < -0.3 is 20.1 Å². The molecule has 1 atom stereocenters. The van der Waals surface area contributed by atoms with E-state index in [4.69, 9.17) is 9.47 Å². The lowest BCUT2D eigenvalue weighted by atomic mass is 9.84. The predicted octanol–water partition coefficient (Wildman–Crippen LogP) is 7.02. The fourth-order valence-electron chi connectivity index (χ4n) is 4.94. The van der Waals surface area contributed by atoms with Gasteiger partial charge in [0.2, 0.25) is 5.91 Å². The number of nitrogens with one attached hydrogen (secondary N) is 2. The van der Waals surface area contributed by atoms with Crippen molar-refractivity contribution in [2.45, 2.75) is 77.7 Å². The van der Waals surface area contributed by atoms with Crippen LogP contribution in [0.15, 0.2) is 60.9 Å². The number of pyridine rings is 1. The highest BCUT2D eigenvalue weighted by atomic mass is 16.5. The number of carbonyl (C=O) groups is 2. The molecule has 1 unspecified atom stereocenters. The molecule has 2 N–H and O–H groups in total. The van der Waals surface area contributed by atoms with Crippen molar-refractivity contribution in [3.63, 3.8) is 0 Å². The number of hydrogen-bond donors (Lipinski definition) is 2. The van der Waals surface area contributed by atoms with E-state index in [1.807, 2.05) is 36.4 Å². The van der Waals surface area contributed by atoms with Crippen molar-refractivity contribution >= 4 is 17.5 Å². The Labute approximate surface area is 238 Å². The third kappa shape index (κ3) is 8.31. The second-order valence-electron chi connectivity index (χ2n) is 11.1. The van der Waals surface area contributed by atoms with Crippen molar-refractivity contribution in [3.8, 4) is 11.5 Å². The van der Waals surface area contributed by atoms with Crippen LogP contribution >= 0.6 is 0 Å². The molecule has 2 amide bonds. The summed E-state index contributed by atoms with van der Waals surface area (Å²) < 4.78 is 11.4. The zero-order chi connectivity index (χ0) is 29.1.